The number of ether oxygens (including phenoxy) is 1. The highest BCUT2D eigenvalue weighted by atomic mass is 19.1. The normalized spacial score (nSPS) is 10.9. The minimum Gasteiger partial charge on any atom is -0.468 e. The fourth-order valence-electron chi connectivity index (χ4n) is 3.36. The third-order valence-electron chi connectivity index (χ3n) is 4.88. The summed E-state index contributed by atoms with van der Waals surface area (Å²) in [7, 11) is 1.48. The van der Waals surface area contributed by atoms with Crippen LogP contribution in [0, 0.1) is 5.82 Å². The van der Waals surface area contributed by atoms with Crippen LogP contribution in [0.5, 0.6) is 6.01 Å². The number of methoxy groups -OCH3 is 1. The molecule has 2 heterocycles. The molecule has 0 aliphatic rings. The number of imidazole rings is 1. The van der Waals surface area contributed by atoms with Crippen molar-refractivity contribution in [2.45, 2.75) is 19.9 Å². The molecule has 4 rings (SSSR count). The fraction of sp³-hybridized carbons (Fsp3) is 0.182. The first-order chi connectivity index (χ1) is 15.0. The molecule has 2 aromatic carbocycles. The van der Waals surface area contributed by atoms with E-state index in [4.69, 9.17) is 10.5 Å². The summed E-state index contributed by atoms with van der Waals surface area (Å²) in [6, 6.07) is 11.7. The maximum atomic E-state index is 13.5. The van der Waals surface area contributed by atoms with Gasteiger partial charge in [-0.1, -0.05) is 25.1 Å². The molecule has 2 aromatic heterocycles. The number of para-hydroxylation sites is 1. The molecule has 0 saturated heterocycles. The Morgan fingerprint density at radius 2 is 2.03 bits per heavy atom. The van der Waals surface area contributed by atoms with Gasteiger partial charge in [-0.25, -0.2) is 13.9 Å². The smallest absolute Gasteiger partial charge is 0.304 e. The summed E-state index contributed by atoms with van der Waals surface area (Å²) in [5, 5.41) is 3.26. The molecule has 0 saturated carbocycles. The molecule has 0 fully saturated rings. The van der Waals surface area contributed by atoms with E-state index in [2.05, 4.69) is 20.3 Å². The number of hydrogen-bond acceptors (Lipinski definition) is 6. The summed E-state index contributed by atoms with van der Waals surface area (Å²) in [6.07, 6.45) is 2.43. The van der Waals surface area contributed by atoms with Crippen molar-refractivity contribution in [3.63, 3.8) is 0 Å². The number of nitrogens with zero attached hydrogens (tertiary/aromatic N) is 4. The quantitative estimate of drug-likeness (QED) is 0.475. The highest BCUT2D eigenvalue weighted by Gasteiger charge is 2.20. The van der Waals surface area contributed by atoms with Gasteiger partial charge in [-0.2, -0.15) is 9.97 Å². The van der Waals surface area contributed by atoms with Crippen LogP contribution in [-0.4, -0.2) is 32.5 Å². The van der Waals surface area contributed by atoms with Crippen LogP contribution < -0.4 is 15.8 Å². The number of nitrogens with one attached hydrogen (secondary N) is 1. The van der Waals surface area contributed by atoms with Gasteiger partial charge in [0.15, 0.2) is 0 Å². The third-order valence-corrected chi connectivity index (χ3v) is 4.88. The van der Waals surface area contributed by atoms with Gasteiger partial charge in [0.2, 0.25) is 5.95 Å². The van der Waals surface area contributed by atoms with Gasteiger partial charge >= 0.3 is 6.01 Å². The summed E-state index contributed by atoms with van der Waals surface area (Å²) < 4.78 is 20.5. The van der Waals surface area contributed by atoms with Crippen LogP contribution in [0.25, 0.3) is 17.0 Å². The minimum absolute atomic E-state index is 0.226. The number of anilines is 1. The molecule has 8 nitrogen and oxygen atoms in total. The molecule has 0 spiro atoms. The number of fused-ring (bicyclic) bond motifs is 1. The number of hydrogen-bond donors (Lipinski definition) is 2. The summed E-state index contributed by atoms with van der Waals surface area (Å²) in [5.41, 5.74) is 8.46. The highest BCUT2D eigenvalue weighted by molar-refractivity contribution is 6.04. The molecule has 158 valence electrons. The van der Waals surface area contributed by atoms with Crippen LogP contribution in [0.2, 0.25) is 0 Å². The lowest BCUT2D eigenvalue weighted by atomic mass is 10.2. The molecule has 0 bridgehead atoms. The van der Waals surface area contributed by atoms with Gasteiger partial charge in [0.05, 0.1) is 18.2 Å². The Balaban J connectivity index is 1.78. The number of halogens is 1. The van der Waals surface area contributed by atoms with E-state index in [1.54, 1.807) is 35.0 Å². The first kappa shape index (κ1) is 20.3. The number of rotatable bonds is 7. The topological polar surface area (TPSA) is 108 Å². The first-order valence-corrected chi connectivity index (χ1v) is 9.71. The van der Waals surface area contributed by atoms with Crippen molar-refractivity contribution in [3.8, 4) is 12.0 Å². The van der Waals surface area contributed by atoms with Crippen LogP contribution in [0.15, 0.2) is 48.7 Å². The van der Waals surface area contributed by atoms with Crippen LogP contribution in [0.3, 0.4) is 0 Å². The Hall–Kier alpha value is -4.01. The van der Waals surface area contributed by atoms with E-state index in [9.17, 15) is 9.18 Å². The maximum Gasteiger partial charge on any atom is 0.304 e. The number of benzene rings is 2. The van der Waals surface area contributed by atoms with Crippen molar-refractivity contribution < 1.29 is 13.9 Å². The number of primary amides is 1. The predicted molar refractivity (Wildman–Crippen MR) is 115 cm³/mol. The lowest BCUT2D eigenvalue weighted by molar-refractivity contribution is 0.100. The van der Waals surface area contributed by atoms with E-state index < -0.39 is 5.91 Å². The van der Waals surface area contributed by atoms with Gasteiger partial charge in [-0.15, -0.1) is 0 Å². The number of aromatic nitrogens is 4. The van der Waals surface area contributed by atoms with Gasteiger partial charge in [-0.3, -0.25) is 4.79 Å². The molecule has 0 atom stereocenters. The highest BCUT2D eigenvalue weighted by Crippen LogP contribution is 2.28. The van der Waals surface area contributed by atoms with Gasteiger partial charge in [-0.05, 0) is 36.2 Å². The van der Waals surface area contributed by atoms with Crippen molar-refractivity contribution in [1.82, 2.24) is 19.5 Å². The van der Waals surface area contributed by atoms with Crippen molar-refractivity contribution in [2.75, 3.05) is 12.4 Å². The molecular formula is C22H21FN6O2. The molecule has 31 heavy (non-hydrogen) atoms. The summed E-state index contributed by atoms with van der Waals surface area (Å²) in [5.74, 6) is 0.0579. The molecule has 9 heteroatoms. The van der Waals surface area contributed by atoms with E-state index in [1.165, 1.54) is 19.2 Å². The molecule has 1 amide bonds. The Bertz CT molecular complexity index is 1270. The average Bonchev–Trinajstić information content (AvgIpc) is 3.16. The van der Waals surface area contributed by atoms with Crippen LogP contribution >= 0.6 is 0 Å². The first-order valence-electron chi connectivity index (χ1n) is 9.71. The Morgan fingerprint density at radius 1 is 1.23 bits per heavy atom. The Kier molecular flexibility index (Phi) is 5.48. The number of amides is 1. The average molecular weight is 420 g/mol. The summed E-state index contributed by atoms with van der Waals surface area (Å²) in [6.45, 7) is 2.40. The minimum atomic E-state index is -0.586. The lowest BCUT2D eigenvalue weighted by Crippen LogP contribution is -2.11. The van der Waals surface area contributed by atoms with Gasteiger partial charge in [0, 0.05) is 18.3 Å². The zero-order chi connectivity index (χ0) is 22.0. The van der Waals surface area contributed by atoms with Crippen molar-refractivity contribution in [3.05, 3.63) is 71.2 Å². The molecule has 0 radical (unpaired) electrons. The van der Waals surface area contributed by atoms with E-state index in [0.29, 0.717) is 35.8 Å². The zero-order valence-corrected chi connectivity index (χ0v) is 17.1. The van der Waals surface area contributed by atoms with E-state index in [0.717, 1.165) is 11.1 Å². The van der Waals surface area contributed by atoms with Gasteiger partial charge in [0.1, 0.15) is 17.2 Å². The maximum absolute atomic E-state index is 13.5. The van der Waals surface area contributed by atoms with Crippen LogP contribution in [-0.2, 0) is 13.0 Å². The zero-order valence-electron chi connectivity index (χ0n) is 17.1. The number of carbonyl (C=O) groups is 1. The van der Waals surface area contributed by atoms with Crippen molar-refractivity contribution in [1.29, 1.82) is 0 Å². The summed E-state index contributed by atoms with van der Waals surface area (Å²) in [4.78, 5) is 25.3. The number of nitrogens with two attached hydrogens (primary N) is 1. The van der Waals surface area contributed by atoms with Crippen molar-refractivity contribution in [2.24, 2.45) is 5.73 Å². The van der Waals surface area contributed by atoms with Crippen LogP contribution in [0.1, 0.15) is 28.4 Å². The second-order valence-electron chi connectivity index (χ2n) is 6.85. The monoisotopic (exact) mass is 420 g/mol. The predicted octanol–water partition coefficient (Wildman–Crippen LogP) is 3.24. The molecule has 4 aromatic rings. The number of aryl methyl sites for hydroxylation is 1. The van der Waals surface area contributed by atoms with E-state index >= 15 is 0 Å². The van der Waals surface area contributed by atoms with E-state index in [-0.39, 0.29) is 17.4 Å². The second kappa shape index (κ2) is 8.39. The van der Waals surface area contributed by atoms with Gasteiger partial charge in [0.25, 0.3) is 5.91 Å². The largest absolute Gasteiger partial charge is 0.468 e. The molecule has 0 aliphatic carbocycles. The molecule has 0 unspecified atom stereocenters. The SMILES string of the molecule is CCc1cnc(-n2c(OC)nc3c(C(N)=O)cccc32)nc1NCc1cccc(F)c1. The second-order valence-corrected chi connectivity index (χ2v) is 6.85. The van der Waals surface area contributed by atoms with Gasteiger partial charge < -0.3 is 15.8 Å². The molecular weight excluding hydrogens is 399 g/mol. The van der Waals surface area contributed by atoms with E-state index in [1.807, 2.05) is 13.0 Å². The fourth-order valence-corrected chi connectivity index (χ4v) is 3.36. The number of carbonyl (C=O) groups excluding carboxylic acids is 1. The van der Waals surface area contributed by atoms with Crippen LogP contribution in [0.4, 0.5) is 10.2 Å². The third kappa shape index (κ3) is 3.89. The molecule has 3 N–H and O–H groups in total. The van der Waals surface area contributed by atoms with Crippen molar-refractivity contribution >= 4 is 22.8 Å². The summed E-state index contributed by atoms with van der Waals surface area (Å²) >= 11 is 0. The molecule has 0 aliphatic heterocycles. The Morgan fingerprint density at radius 3 is 2.74 bits per heavy atom. The standard InChI is InChI=1S/C22H21FN6O2/c1-3-14-12-26-21(28-20(14)25-11-13-6-4-7-15(23)10-13)29-17-9-5-8-16(19(24)30)18(17)27-22(29)31-2/h4-10,12H,3,11H2,1-2H3,(H2,24,30)(H,25,26,28). The Labute approximate surface area is 177 Å². The lowest BCUT2D eigenvalue weighted by Gasteiger charge is -2.13.